The third kappa shape index (κ3) is 33.6. The molecule has 0 spiro atoms. The Bertz CT molecular complexity index is 1470. The van der Waals surface area contributed by atoms with E-state index >= 15 is 0 Å². The normalized spacial score (nSPS) is 20.6. The van der Waals surface area contributed by atoms with Gasteiger partial charge in [-0.05, 0) is 18.8 Å². The van der Waals surface area contributed by atoms with Crippen LogP contribution >= 0.6 is 0 Å². The molecule has 348 valence electrons. The van der Waals surface area contributed by atoms with Gasteiger partial charge in [-0.3, -0.25) is 18.2 Å². The van der Waals surface area contributed by atoms with E-state index in [1.807, 2.05) is 0 Å². The molecule has 5 atom stereocenters. The molecule has 1 aliphatic heterocycles. The SMILES string of the molecule is CCCCCCCCCCCCCCC(CCCCCCCCCCCCCC)CO[C@@H]1O[C@H](COS(=O)(=O)O)[C@H](OS(=O)(=O)O)[C@H](OS(=O)(=O)O)[C@H]1OS(=O)(=O)O.[Na+]. The minimum atomic E-state index is -5.62. The number of ether oxygens (including phenoxy) is 2. The summed E-state index contributed by atoms with van der Waals surface area (Å²) in [4.78, 5) is 0. The molecule has 4 N–H and O–H groups in total. The van der Waals surface area contributed by atoms with Crippen molar-refractivity contribution >= 4 is 41.6 Å². The fraction of sp³-hybridized carbons (Fsp3) is 1.00. The van der Waals surface area contributed by atoms with Gasteiger partial charge in [0.2, 0.25) is 0 Å². The molecule has 1 rings (SSSR count). The van der Waals surface area contributed by atoms with E-state index < -0.39 is 78.9 Å². The first kappa shape index (κ1) is 59.4. The Morgan fingerprint density at radius 1 is 0.458 bits per heavy atom. The van der Waals surface area contributed by atoms with Crippen LogP contribution in [0.5, 0.6) is 0 Å². The second-order valence-electron chi connectivity index (χ2n) is 15.3. The molecule has 0 unspecified atom stereocenters. The first-order valence-electron chi connectivity index (χ1n) is 21.1. The van der Waals surface area contributed by atoms with Crippen molar-refractivity contribution in [2.24, 2.45) is 5.92 Å². The van der Waals surface area contributed by atoms with Gasteiger partial charge >= 0.3 is 71.2 Å². The Balaban J connectivity index is 0.0000336. The summed E-state index contributed by atoms with van der Waals surface area (Å²) in [6.07, 6.45) is 17.3. The Hall–Kier alpha value is 0.400. The van der Waals surface area contributed by atoms with Gasteiger partial charge in [-0.2, -0.15) is 33.7 Å². The van der Waals surface area contributed by atoms with Crippen molar-refractivity contribution in [3.8, 4) is 0 Å². The van der Waals surface area contributed by atoms with Gasteiger partial charge < -0.3 is 9.47 Å². The summed E-state index contributed by atoms with van der Waals surface area (Å²) < 4.78 is 161. The smallest absolute Gasteiger partial charge is 0.350 e. The summed E-state index contributed by atoms with van der Waals surface area (Å²) in [5.74, 6) is -0.151. The number of unbranched alkanes of at least 4 members (excludes halogenated alkanes) is 22. The van der Waals surface area contributed by atoms with Crippen molar-refractivity contribution < 1.29 is 108 Å². The Kier molecular flexibility index (Phi) is 33.2. The van der Waals surface area contributed by atoms with Crippen LogP contribution in [-0.2, 0) is 67.8 Å². The van der Waals surface area contributed by atoms with E-state index in [1.165, 1.54) is 89.9 Å². The van der Waals surface area contributed by atoms with E-state index in [1.54, 1.807) is 0 Å². The molecule has 18 nitrogen and oxygen atoms in total. The van der Waals surface area contributed by atoms with Crippen LogP contribution in [-0.4, -0.2) is 95.8 Å². The first-order valence-corrected chi connectivity index (χ1v) is 26.6. The van der Waals surface area contributed by atoms with Crippen molar-refractivity contribution in [1.82, 2.24) is 0 Å². The Morgan fingerprint density at radius 2 is 0.780 bits per heavy atom. The molecule has 1 saturated heterocycles. The van der Waals surface area contributed by atoms with E-state index in [0.717, 1.165) is 64.2 Å². The second-order valence-corrected chi connectivity index (χ2v) is 19.5. The second kappa shape index (κ2) is 33.0. The zero-order valence-electron chi connectivity index (χ0n) is 35.4. The average Bonchev–Trinajstić information content (AvgIpc) is 3.10. The van der Waals surface area contributed by atoms with Crippen LogP contribution in [0, 0.1) is 5.92 Å². The average molecular weight is 944 g/mol. The minimum Gasteiger partial charge on any atom is -0.350 e. The van der Waals surface area contributed by atoms with Gasteiger partial charge in [-0.25, -0.2) is 16.7 Å². The monoisotopic (exact) mass is 943 g/mol. The van der Waals surface area contributed by atoms with Gasteiger partial charge in [-0.1, -0.05) is 168 Å². The summed E-state index contributed by atoms with van der Waals surface area (Å²) >= 11 is 0. The summed E-state index contributed by atoms with van der Waals surface area (Å²) in [6.45, 7) is 2.93. The maximum Gasteiger partial charge on any atom is 1.00 e. The first-order chi connectivity index (χ1) is 27.2. The van der Waals surface area contributed by atoms with Crippen molar-refractivity contribution in [3.05, 3.63) is 0 Å². The summed E-state index contributed by atoms with van der Waals surface area (Å²) in [5.41, 5.74) is 0. The third-order valence-electron chi connectivity index (χ3n) is 10.1. The van der Waals surface area contributed by atoms with Crippen molar-refractivity contribution in [1.29, 1.82) is 0 Å². The molecule has 23 heteroatoms. The van der Waals surface area contributed by atoms with Crippen LogP contribution in [0.15, 0.2) is 0 Å². The van der Waals surface area contributed by atoms with Crippen LogP contribution < -0.4 is 29.6 Å². The van der Waals surface area contributed by atoms with Crippen LogP contribution in [0.1, 0.15) is 181 Å². The zero-order valence-corrected chi connectivity index (χ0v) is 40.7. The van der Waals surface area contributed by atoms with E-state index in [4.69, 9.17) is 14.0 Å². The summed E-state index contributed by atoms with van der Waals surface area (Å²) in [5, 5.41) is 0. The molecule has 0 aromatic carbocycles. The minimum absolute atomic E-state index is 0. The number of hydrogen-bond donors (Lipinski definition) is 4. The quantitative estimate of drug-likeness (QED) is 0.0363. The van der Waals surface area contributed by atoms with Crippen molar-refractivity contribution in [2.75, 3.05) is 13.2 Å². The van der Waals surface area contributed by atoms with Crippen molar-refractivity contribution in [2.45, 2.75) is 211 Å². The third-order valence-corrected chi connectivity index (χ3v) is 11.9. The molecule has 0 saturated carbocycles. The van der Waals surface area contributed by atoms with E-state index in [2.05, 4.69) is 30.6 Å². The molecule has 0 radical (unpaired) electrons. The molecule has 1 fully saturated rings. The summed E-state index contributed by atoms with van der Waals surface area (Å²) in [6, 6.07) is 0. The molecule has 1 aliphatic rings. The van der Waals surface area contributed by atoms with Crippen LogP contribution in [0.2, 0.25) is 0 Å². The van der Waals surface area contributed by atoms with Gasteiger partial charge in [0, 0.05) is 0 Å². The summed E-state index contributed by atoms with van der Waals surface area (Å²) in [7, 11) is -22.0. The molecular formula is C36H72NaO18S4+. The molecule has 0 bridgehead atoms. The maximum atomic E-state index is 11.9. The van der Waals surface area contributed by atoms with Crippen LogP contribution in [0.4, 0.5) is 0 Å². The molecule has 0 aliphatic carbocycles. The number of rotatable bonds is 38. The predicted molar refractivity (Wildman–Crippen MR) is 216 cm³/mol. The van der Waals surface area contributed by atoms with Crippen LogP contribution in [0.3, 0.4) is 0 Å². The Labute approximate surface area is 377 Å². The Morgan fingerprint density at radius 3 is 1.12 bits per heavy atom. The van der Waals surface area contributed by atoms with Gasteiger partial charge in [-0.15, -0.1) is 0 Å². The predicted octanol–water partition coefficient (Wildman–Crippen LogP) is 4.91. The standard InChI is InChI=1S/C36H72O18S4.Na/c1-3-5-7-9-11-13-15-17-19-21-23-25-27-31(28-26-24-22-20-18-16-14-12-10-8-6-4-2)29-49-36-35(54-58(46,47)48)34(53-57(43,44)45)33(52-56(40,41)42)32(51-36)30-50-55(37,38)39;/h31-36H,3-30H2,1-2H3,(H,37,38,39)(H,40,41,42)(H,43,44,45)(H,46,47,48);/q;+1/t32-,33+,34+,35-,36-;/m1./s1. The van der Waals surface area contributed by atoms with Gasteiger partial charge in [0.25, 0.3) is 0 Å². The maximum absolute atomic E-state index is 11.9. The topological polar surface area (TPSA) is 273 Å². The van der Waals surface area contributed by atoms with Crippen LogP contribution in [0.25, 0.3) is 0 Å². The largest absolute Gasteiger partial charge is 1.00 e. The van der Waals surface area contributed by atoms with E-state index in [9.17, 15) is 47.3 Å². The van der Waals surface area contributed by atoms with Gasteiger partial charge in [0.05, 0.1) is 13.2 Å². The number of hydrogen-bond acceptors (Lipinski definition) is 14. The molecular weight excluding hydrogens is 872 g/mol. The van der Waals surface area contributed by atoms with E-state index in [-0.39, 0.29) is 42.1 Å². The molecule has 0 aromatic heterocycles. The fourth-order valence-electron chi connectivity index (χ4n) is 7.14. The molecule has 1 heterocycles. The van der Waals surface area contributed by atoms with Crippen molar-refractivity contribution in [3.63, 3.8) is 0 Å². The molecule has 0 aromatic rings. The zero-order chi connectivity index (χ0) is 43.5. The molecule has 0 amide bonds. The fourth-order valence-corrected chi connectivity index (χ4v) is 8.94. The van der Waals surface area contributed by atoms with Gasteiger partial charge in [0.1, 0.15) is 18.3 Å². The van der Waals surface area contributed by atoms with E-state index in [0.29, 0.717) is 12.8 Å². The molecule has 59 heavy (non-hydrogen) atoms. The van der Waals surface area contributed by atoms with Gasteiger partial charge in [0.15, 0.2) is 12.4 Å².